The molecule has 0 aliphatic carbocycles. The van der Waals surface area contributed by atoms with Crippen molar-refractivity contribution in [1.29, 1.82) is 0 Å². The molecule has 0 spiro atoms. The van der Waals surface area contributed by atoms with E-state index in [2.05, 4.69) is 0 Å². The molecule has 88 valence electrons. The number of carboxylic acid groups (broad SMARTS) is 1. The van der Waals surface area contributed by atoms with E-state index in [9.17, 15) is 9.36 Å². The molecule has 16 heavy (non-hydrogen) atoms. The first-order valence-corrected chi connectivity index (χ1v) is 7.03. The Hall–Kier alpha value is -1.08. The summed E-state index contributed by atoms with van der Waals surface area (Å²) in [5.41, 5.74) is 0. The second-order valence-corrected chi connectivity index (χ2v) is 8.45. The zero-order valence-electron chi connectivity index (χ0n) is 9.80. The molecule has 0 aromatic heterocycles. The summed E-state index contributed by atoms with van der Waals surface area (Å²) in [6, 6.07) is 8.90. The summed E-state index contributed by atoms with van der Waals surface area (Å²) < 4.78 is 12.9. The van der Waals surface area contributed by atoms with Crippen molar-refractivity contribution in [2.24, 2.45) is 0 Å². The number of carboxylic acids is 1. The molecule has 1 aromatic carbocycles. The van der Waals surface area contributed by atoms with Gasteiger partial charge in [0.25, 0.3) is 0 Å². The lowest BCUT2D eigenvalue weighted by atomic mass is 10.3. The Kier molecular flexibility index (Phi) is 3.59. The lowest BCUT2D eigenvalue weighted by Crippen LogP contribution is -2.27. The Morgan fingerprint density at radius 2 is 1.75 bits per heavy atom. The molecule has 1 unspecified atom stereocenters. The molecule has 1 aromatic rings. The molecule has 4 heteroatoms. The molecule has 0 fully saturated rings. The molecule has 1 N–H and O–H groups in total. The third kappa shape index (κ3) is 2.53. The Bertz CT molecular complexity index is 418. The molecule has 0 amide bonds. The van der Waals surface area contributed by atoms with Crippen molar-refractivity contribution in [1.82, 2.24) is 0 Å². The second-order valence-electron chi connectivity index (χ2n) is 4.80. The van der Waals surface area contributed by atoms with Crippen LogP contribution in [0.4, 0.5) is 0 Å². The van der Waals surface area contributed by atoms with Crippen LogP contribution in [0.15, 0.2) is 30.3 Å². The van der Waals surface area contributed by atoms with Gasteiger partial charge in [-0.3, -0.25) is 4.79 Å². The van der Waals surface area contributed by atoms with Gasteiger partial charge in [0.15, 0.2) is 0 Å². The van der Waals surface area contributed by atoms with Crippen molar-refractivity contribution < 1.29 is 14.5 Å². The van der Waals surface area contributed by atoms with Crippen LogP contribution in [0.25, 0.3) is 0 Å². The van der Waals surface area contributed by atoms with Crippen LogP contribution in [0.1, 0.15) is 20.8 Å². The lowest BCUT2D eigenvalue weighted by Gasteiger charge is -2.30. The fourth-order valence-corrected chi connectivity index (χ4v) is 4.04. The monoisotopic (exact) mass is 240 g/mol. The Balaban J connectivity index is 3.27. The minimum atomic E-state index is -2.91. The highest BCUT2D eigenvalue weighted by molar-refractivity contribution is 7.73. The van der Waals surface area contributed by atoms with Gasteiger partial charge in [-0.15, -0.1) is 0 Å². The average Bonchev–Trinajstić information content (AvgIpc) is 2.16. The first-order valence-electron chi connectivity index (χ1n) is 5.14. The molecule has 0 saturated carbocycles. The van der Waals surface area contributed by atoms with Gasteiger partial charge >= 0.3 is 5.97 Å². The maximum absolute atomic E-state index is 12.9. The minimum absolute atomic E-state index is 0.291. The van der Waals surface area contributed by atoms with Crippen LogP contribution in [-0.4, -0.2) is 22.4 Å². The second kappa shape index (κ2) is 4.42. The summed E-state index contributed by atoms with van der Waals surface area (Å²) >= 11 is 0. The van der Waals surface area contributed by atoms with Gasteiger partial charge in [-0.1, -0.05) is 51.1 Å². The van der Waals surface area contributed by atoms with Crippen LogP contribution in [0, 0.1) is 0 Å². The smallest absolute Gasteiger partial charge is 0.311 e. The van der Waals surface area contributed by atoms with E-state index in [-0.39, 0.29) is 6.16 Å². The Morgan fingerprint density at radius 3 is 2.12 bits per heavy atom. The summed E-state index contributed by atoms with van der Waals surface area (Å²) in [6.07, 6.45) is -0.291. The first-order chi connectivity index (χ1) is 7.27. The molecule has 1 atom stereocenters. The van der Waals surface area contributed by atoms with Gasteiger partial charge in [0.1, 0.15) is 13.3 Å². The lowest BCUT2D eigenvalue weighted by molar-refractivity contribution is -0.134. The van der Waals surface area contributed by atoms with Crippen molar-refractivity contribution in [2.45, 2.75) is 25.9 Å². The predicted octanol–water partition coefficient (Wildman–Crippen LogP) is 2.56. The van der Waals surface area contributed by atoms with Crippen molar-refractivity contribution in [3.8, 4) is 0 Å². The van der Waals surface area contributed by atoms with Gasteiger partial charge in [-0.05, 0) is 0 Å². The molecular weight excluding hydrogens is 223 g/mol. The molecule has 0 heterocycles. The number of hydrogen-bond acceptors (Lipinski definition) is 2. The van der Waals surface area contributed by atoms with E-state index in [0.29, 0.717) is 5.30 Å². The molecule has 1 rings (SSSR count). The van der Waals surface area contributed by atoms with Crippen LogP contribution in [-0.2, 0) is 9.36 Å². The first kappa shape index (κ1) is 13.0. The highest BCUT2D eigenvalue weighted by Gasteiger charge is 2.39. The summed E-state index contributed by atoms with van der Waals surface area (Å²) in [6.45, 7) is 5.47. The minimum Gasteiger partial charge on any atom is -0.481 e. The quantitative estimate of drug-likeness (QED) is 0.826. The summed E-state index contributed by atoms with van der Waals surface area (Å²) in [5, 5.41) is 9.01. The van der Waals surface area contributed by atoms with E-state index in [0.717, 1.165) is 0 Å². The third-order valence-corrected chi connectivity index (χ3v) is 6.63. The van der Waals surface area contributed by atoms with Gasteiger partial charge in [0, 0.05) is 10.5 Å². The van der Waals surface area contributed by atoms with Crippen molar-refractivity contribution in [3.05, 3.63) is 30.3 Å². The van der Waals surface area contributed by atoms with Gasteiger partial charge in [-0.25, -0.2) is 0 Å². The molecular formula is C12H17O3P. The highest BCUT2D eigenvalue weighted by atomic mass is 31.2. The van der Waals surface area contributed by atoms with Crippen LogP contribution < -0.4 is 5.30 Å². The van der Waals surface area contributed by atoms with E-state index in [1.54, 1.807) is 24.3 Å². The van der Waals surface area contributed by atoms with Crippen molar-refractivity contribution in [2.75, 3.05) is 6.16 Å². The van der Waals surface area contributed by atoms with Gasteiger partial charge in [0.2, 0.25) is 0 Å². The molecule has 0 aliphatic rings. The fourth-order valence-electron chi connectivity index (χ4n) is 1.58. The van der Waals surface area contributed by atoms with E-state index in [1.807, 2.05) is 26.8 Å². The van der Waals surface area contributed by atoms with Crippen LogP contribution in [0.3, 0.4) is 0 Å². The van der Waals surface area contributed by atoms with Gasteiger partial charge < -0.3 is 9.67 Å². The van der Waals surface area contributed by atoms with Crippen LogP contribution in [0.5, 0.6) is 0 Å². The summed E-state index contributed by atoms with van der Waals surface area (Å²) in [4.78, 5) is 10.9. The van der Waals surface area contributed by atoms with Crippen LogP contribution in [0.2, 0.25) is 0 Å². The van der Waals surface area contributed by atoms with Crippen molar-refractivity contribution in [3.63, 3.8) is 0 Å². The van der Waals surface area contributed by atoms with Crippen molar-refractivity contribution >= 4 is 18.4 Å². The number of hydrogen-bond donors (Lipinski definition) is 1. The third-order valence-electron chi connectivity index (χ3n) is 2.61. The zero-order valence-corrected chi connectivity index (χ0v) is 10.7. The number of rotatable bonds is 3. The van der Waals surface area contributed by atoms with Gasteiger partial charge in [-0.2, -0.15) is 0 Å². The van der Waals surface area contributed by atoms with E-state index < -0.39 is 18.3 Å². The van der Waals surface area contributed by atoms with E-state index >= 15 is 0 Å². The molecule has 0 radical (unpaired) electrons. The summed E-state index contributed by atoms with van der Waals surface area (Å²) in [7, 11) is -2.91. The summed E-state index contributed by atoms with van der Waals surface area (Å²) in [5.74, 6) is -1.01. The SMILES string of the molecule is CC(C)(C)P(=O)(CC(=O)O)c1ccccc1. The highest BCUT2D eigenvalue weighted by Crippen LogP contribution is 2.56. The van der Waals surface area contributed by atoms with E-state index in [4.69, 9.17) is 5.11 Å². The number of benzene rings is 1. The average molecular weight is 240 g/mol. The molecule has 3 nitrogen and oxygen atoms in total. The number of carbonyl (C=O) groups is 1. The van der Waals surface area contributed by atoms with Gasteiger partial charge in [0.05, 0.1) is 0 Å². The standard InChI is InChI=1S/C12H17O3P/c1-12(2,3)16(15,9-11(13)14)10-7-5-4-6-8-10/h4-8H,9H2,1-3H3,(H,13,14). The molecule has 0 aliphatic heterocycles. The zero-order chi connectivity index (χ0) is 12.4. The maximum Gasteiger partial charge on any atom is 0.311 e. The largest absolute Gasteiger partial charge is 0.481 e. The fraction of sp³-hybridized carbons (Fsp3) is 0.417. The van der Waals surface area contributed by atoms with Crippen LogP contribution >= 0.6 is 7.14 Å². The normalized spacial score (nSPS) is 15.4. The number of aliphatic carboxylic acids is 1. The molecule has 0 saturated heterocycles. The predicted molar refractivity (Wildman–Crippen MR) is 65.9 cm³/mol. The molecule has 0 bridgehead atoms. The Labute approximate surface area is 95.9 Å². The topological polar surface area (TPSA) is 54.4 Å². The van der Waals surface area contributed by atoms with E-state index in [1.165, 1.54) is 0 Å². The maximum atomic E-state index is 12.9. The Morgan fingerprint density at radius 1 is 1.25 bits per heavy atom.